The second-order valence-electron chi connectivity index (χ2n) is 4.57. The third-order valence-electron chi connectivity index (χ3n) is 3.05. The molecular weight excluding hydrogens is 302 g/mol. The van der Waals surface area contributed by atoms with Crippen molar-refractivity contribution in [3.8, 4) is 11.6 Å². The lowest BCUT2D eigenvalue weighted by molar-refractivity contribution is 0.332. The molecule has 1 aliphatic heterocycles. The minimum absolute atomic E-state index is 0.390. The first-order chi connectivity index (χ1) is 10.6. The first kappa shape index (κ1) is 18.6. The summed E-state index contributed by atoms with van der Waals surface area (Å²) in [4.78, 5) is 6.41. The molecule has 3 rings (SSSR count). The van der Waals surface area contributed by atoms with Gasteiger partial charge in [-0.2, -0.15) is 10.1 Å². The van der Waals surface area contributed by atoms with Crippen molar-refractivity contribution in [2.24, 2.45) is 0 Å². The molecule has 0 spiro atoms. The van der Waals surface area contributed by atoms with Crippen LogP contribution in [-0.2, 0) is 13.1 Å². The van der Waals surface area contributed by atoms with Crippen LogP contribution in [0.1, 0.15) is 45.6 Å². The molecule has 0 unspecified atom stereocenters. The highest BCUT2D eigenvalue weighted by Gasteiger charge is 2.23. The van der Waals surface area contributed by atoms with Crippen LogP contribution in [0, 0.1) is 6.92 Å². The number of aromatic nitrogens is 4. The van der Waals surface area contributed by atoms with Gasteiger partial charge in [-0.25, -0.2) is 0 Å². The summed E-state index contributed by atoms with van der Waals surface area (Å²) in [5, 5.41) is 8.88. The van der Waals surface area contributed by atoms with Crippen LogP contribution >= 0.6 is 11.6 Å². The Kier molecular flexibility index (Phi) is 7.55. The SMILES string of the molecule is CC.CC.Cc1noc(-c2nn3c(c2Cl)CN(C)CCC3)n1. The van der Waals surface area contributed by atoms with Crippen molar-refractivity contribution in [3.63, 3.8) is 0 Å². The van der Waals surface area contributed by atoms with Crippen LogP contribution in [0.5, 0.6) is 0 Å². The predicted molar refractivity (Wildman–Crippen MR) is 88.9 cm³/mol. The summed E-state index contributed by atoms with van der Waals surface area (Å²) in [7, 11) is 2.08. The molecule has 0 atom stereocenters. The summed E-state index contributed by atoms with van der Waals surface area (Å²) in [5.41, 5.74) is 1.60. The highest BCUT2D eigenvalue weighted by molar-refractivity contribution is 6.33. The Bertz CT molecular complexity index is 578. The van der Waals surface area contributed by atoms with Crippen LogP contribution in [0.4, 0.5) is 0 Å². The highest BCUT2D eigenvalue weighted by atomic mass is 35.5. The standard InChI is InChI=1S/C11H14ClN5O.2C2H6/c1-7-13-11(18-15-7)10-9(12)8-6-16(2)4-3-5-17(8)14-10;2*1-2/h3-6H2,1-2H3;2*1-2H3. The second kappa shape index (κ2) is 8.90. The molecule has 0 fully saturated rings. The molecule has 2 aromatic rings. The molecule has 0 saturated heterocycles. The van der Waals surface area contributed by atoms with E-state index in [1.165, 1.54) is 0 Å². The fraction of sp³-hybridized carbons (Fsp3) is 0.667. The molecule has 1 aliphatic rings. The summed E-state index contributed by atoms with van der Waals surface area (Å²) >= 11 is 6.39. The molecule has 0 N–H and O–H groups in total. The Morgan fingerprint density at radius 2 is 1.82 bits per heavy atom. The molecule has 6 nitrogen and oxygen atoms in total. The van der Waals surface area contributed by atoms with Gasteiger partial charge < -0.3 is 9.42 Å². The minimum Gasteiger partial charge on any atom is -0.332 e. The van der Waals surface area contributed by atoms with Crippen molar-refractivity contribution in [2.45, 2.75) is 54.1 Å². The van der Waals surface area contributed by atoms with Gasteiger partial charge in [0.15, 0.2) is 11.5 Å². The minimum atomic E-state index is 0.390. The zero-order chi connectivity index (χ0) is 16.7. The molecule has 3 heterocycles. The van der Waals surface area contributed by atoms with Crippen LogP contribution < -0.4 is 0 Å². The monoisotopic (exact) mass is 327 g/mol. The Balaban J connectivity index is 0.000000561. The number of fused-ring (bicyclic) bond motifs is 1. The van der Waals surface area contributed by atoms with Gasteiger partial charge in [-0.05, 0) is 20.4 Å². The van der Waals surface area contributed by atoms with Crippen molar-refractivity contribution in [3.05, 3.63) is 16.5 Å². The van der Waals surface area contributed by atoms with Gasteiger partial charge in [-0.3, -0.25) is 4.68 Å². The van der Waals surface area contributed by atoms with Crippen LogP contribution in [0.2, 0.25) is 5.02 Å². The van der Waals surface area contributed by atoms with Gasteiger partial charge in [0, 0.05) is 19.6 Å². The maximum Gasteiger partial charge on any atom is 0.279 e. The first-order valence-corrected chi connectivity index (χ1v) is 8.27. The van der Waals surface area contributed by atoms with E-state index >= 15 is 0 Å². The fourth-order valence-corrected chi connectivity index (χ4v) is 2.44. The van der Waals surface area contributed by atoms with Crippen molar-refractivity contribution in [1.82, 2.24) is 24.8 Å². The number of halogens is 1. The Morgan fingerprint density at radius 3 is 2.41 bits per heavy atom. The third kappa shape index (κ3) is 4.08. The van der Waals surface area contributed by atoms with Crippen LogP contribution in [0.3, 0.4) is 0 Å². The largest absolute Gasteiger partial charge is 0.332 e. The molecule has 0 aliphatic carbocycles. The number of hydrogen-bond donors (Lipinski definition) is 0. The van der Waals surface area contributed by atoms with E-state index in [0.29, 0.717) is 22.4 Å². The van der Waals surface area contributed by atoms with E-state index in [0.717, 1.165) is 31.7 Å². The predicted octanol–water partition coefficient (Wildman–Crippen LogP) is 3.78. The van der Waals surface area contributed by atoms with E-state index in [1.54, 1.807) is 6.92 Å². The maximum absolute atomic E-state index is 6.39. The summed E-state index contributed by atoms with van der Waals surface area (Å²) < 4.78 is 7.08. The normalized spacial score (nSPS) is 14.1. The fourth-order valence-electron chi connectivity index (χ4n) is 2.17. The second-order valence-corrected chi connectivity index (χ2v) is 4.95. The molecule has 22 heavy (non-hydrogen) atoms. The topological polar surface area (TPSA) is 60.0 Å². The zero-order valence-corrected chi connectivity index (χ0v) is 15.1. The van der Waals surface area contributed by atoms with E-state index in [1.807, 2.05) is 32.4 Å². The van der Waals surface area contributed by atoms with Gasteiger partial charge in [0.05, 0.1) is 10.7 Å². The first-order valence-electron chi connectivity index (χ1n) is 7.89. The molecule has 7 heteroatoms. The Labute approximate surface area is 137 Å². The number of aryl methyl sites for hydroxylation is 2. The lowest BCUT2D eigenvalue weighted by Crippen LogP contribution is -2.17. The van der Waals surface area contributed by atoms with Crippen molar-refractivity contribution >= 4 is 11.6 Å². The summed E-state index contributed by atoms with van der Waals surface area (Å²) in [6.45, 7) is 12.5. The third-order valence-corrected chi connectivity index (χ3v) is 3.45. The van der Waals surface area contributed by atoms with Crippen LogP contribution in [0.15, 0.2) is 4.52 Å². The van der Waals surface area contributed by atoms with Gasteiger partial charge in [0.1, 0.15) is 0 Å². The lowest BCUT2D eigenvalue weighted by Gasteiger charge is -2.11. The molecule has 0 aromatic carbocycles. The maximum atomic E-state index is 6.39. The molecule has 124 valence electrons. The van der Waals surface area contributed by atoms with Gasteiger partial charge in [-0.1, -0.05) is 44.5 Å². The highest BCUT2D eigenvalue weighted by Crippen LogP contribution is 2.30. The molecule has 0 saturated carbocycles. The van der Waals surface area contributed by atoms with E-state index in [4.69, 9.17) is 16.1 Å². The quantitative estimate of drug-likeness (QED) is 0.797. The van der Waals surface area contributed by atoms with E-state index in [9.17, 15) is 0 Å². The lowest BCUT2D eigenvalue weighted by atomic mass is 10.3. The molecule has 0 bridgehead atoms. The molecule has 0 radical (unpaired) electrons. The number of nitrogens with zero attached hydrogens (tertiary/aromatic N) is 5. The summed E-state index contributed by atoms with van der Waals surface area (Å²) in [6, 6.07) is 0. The molecule has 0 amide bonds. The Hall–Kier alpha value is -1.40. The van der Waals surface area contributed by atoms with Crippen molar-refractivity contribution in [1.29, 1.82) is 0 Å². The molecular formula is C15H26ClN5O. The van der Waals surface area contributed by atoms with E-state index in [-0.39, 0.29) is 0 Å². The Morgan fingerprint density at radius 1 is 1.14 bits per heavy atom. The van der Waals surface area contributed by atoms with Crippen LogP contribution in [-0.4, -0.2) is 38.4 Å². The molecule has 2 aromatic heterocycles. The average Bonchev–Trinajstić information content (AvgIpc) is 3.03. The zero-order valence-electron chi connectivity index (χ0n) is 14.4. The van der Waals surface area contributed by atoms with Crippen molar-refractivity contribution < 1.29 is 4.52 Å². The van der Waals surface area contributed by atoms with Gasteiger partial charge in [0.25, 0.3) is 5.89 Å². The average molecular weight is 328 g/mol. The number of hydrogen-bond acceptors (Lipinski definition) is 5. The van der Waals surface area contributed by atoms with Gasteiger partial charge in [0.2, 0.25) is 0 Å². The van der Waals surface area contributed by atoms with Gasteiger partial charge in [-0.15, -0.1) is 0 Å². The summed E-state index contributed by atoms with van der Waals surface area (Å²) in [6.07, 6.45) is 1.06. The number of rotatable bonds is 1. The van der Waals surface area contributed by atoms with Crippen molar-refractivity contribution in [2.75, 3.05) is 13.6 Å². The van der Waals surface area contributed by atoms with E-state index < -0.39 is 0 Å². The van der Waals surface area contributed by atoms with E-state index in [2.05, 4.69) is 27.2 Å². The van der Waals surface area contributed by atoms with Gasteiger partial charge >= 0.3 is 0 Å². The van der Waals surface area contributed by atoms with Crippen LogP contribution in [0.25, 0.3) is 11.6 Å². The summed E-state index contributed by atoms with van der Waals surface area (Å²) in [5.74, 6) is 0.974. The smallest absolute Gasteiger partial charge is 0.279 e.